The normalized spacial score (nSPS) is 27.0. The molecule has 6 rings (SSSR count). The molecular formula is C28H27ClN2O3. The van der Waals surface area contributed by atoms with Crippen molar-refractivity contribution in [3.05, 3.63) is 101 Å². The number of anilines is 1. The number of carbonyl (C=O) groups excluding carboxylic acids is 2. The Kier molecular flexibility index (Phi) is 6.02. The molecule has 0 radical (unpaired) electrons. The van der Waals surface area contributed by atoms with Gasteiger partial charge < -0.3 is 10.4 Å². The first-order chi connectivity index (χ1) is 16.6. The van der Waals surface area contributed by atoms with Gasteiger partial charge in [0.1, 0.15) is 5.54 Å². The second-order valence-electron chi connectivity index (χ2n) is 8.95. The molecular weight excluding hydrogens is 448 g/mol. The Morgan fingerprint density at radius 2 is 1.68 bits per heavy atom. The number of hydrogen-bond acceptors (Lipinski definition) is 4. The lowest BCUT2D eigenvalue weighted by atomic mass is 9.69. The summed E-state index contributed by atoms with van der Waals surface area (Å²) in [7, 11) is 1.00. The van der Waals surface area contributed by atoms with Crippen molar-refractivity contribution in [1.82, 2.24) is 4.90 Å². The summed E-state index contributed by atoms with van der Waals surface area (Å²) in [6, 6.07) is 25.2. The van der Waals surface area contributed by atoms with Crippen molar-refractivity contribution in [3.8, 4) is 0 Å². The number of aliphatic hydroxyl groups excluding tert-OH is 1. The molecule has 3 aliphatic rings. The van der Waals surface area contributed by atoms with Crippen molar-refractivity contribution in [3.63, 3.8) is 0 Å². The first-order valence-electron chi connectivity index (χ1n) is 11.6. The Labute approximate surface area is 204 Å². The van der Waals surface area contributed by atoms with Crippen LogP contribution < -0.4 is 5.32 Å². The summed E-state index contributed by atoms with van der Waals surface area (Å²) in [4.78, 5) is 30.4. The molecule has 0 aliphatic carbocycles. The number of Topliss-reactive ketones (excluding diaryl/α,β-unsaturated/α-hetero) is 1. The number of nitrogens with zero attached hydrogens (tertiary/aromatic N) is 1. The van der Waals surface area contributed by atoms with E-state index in [4.69, 9.17) is 16.7 Å². The van der Waals surface area contributed by atoms with Gasteiger partial charge in [-0.1, -0.05) is 72.3 Å². The van der Waals surface area contributed by atoms with Gasteiger partial charge in [-0.15, -0.1) is 0 Å². The summed E-state index contributed by atoms with van der Waals surface area (Å²) in [5.41, 5.74) is 2.44. The quantitative estimate of drug-likeness (QED) is 0.532. The summed E-state index contributed by atoms with van der Waals surface area (Å²) < 4.78 is 0. The van der Waals surface area contributed by atoms with Crippen molar-refractivity contribution < 1.29 is 14.7 Å². The Morgan fingerprint density at radius 3 is 2.41 bits per heavy atom. The highest BCUT2D eigenvalue weighted by Gasteiger charge is 2.69. The summed E-state index contributed by atoms with van der Waals surface area (Å²) >= 11 is 6.19. The van der Waals surface area contributed by atoms with Crippen LogP contribution in [0.5, 0.6) is 0 Å². The number of benzene rings is 3. The second-order valence-corrected chi connectivity index (χ2v) is 9.39. The van der Waals surface area contributed by atoms with Gasteiger partial charge in [0.2, 0.25) is 5.91 Å². The van der Waals surface area contributed by atoms with E-state index < -0.39 is 11.5 Å². The van der Waals surface area contributed by atoms with Crippen LogP contribution >= 0.6 is 11.6 Å². The highest BCUT2D eigenvalue weighted by Crippen LogP contribution is 2.61. The maximum absolute atomic E-state index is 14.2. The van der Waals surface area contributed by atoms with Gasteiger partial charge in [-0.2, -0.15) is 0 Å². The molecule has 0 unspecified atom stereocenters. The van der Waals surface area contributed by atoms with E-state index in [2.05, 4.69) is 10.2 Å². The van der Waals surface area contributed by atoms with Crippen LogP contribution in [0.3, 0.4) is 0 Å². The van der Waals surface area contributed by atoms with E-state index in [0.29, 0.717) is 10.6 Å². The van der Waals surface area contributed by atoms with Crippen molar-refractivity contribution in [1.29, 1.82) is 0 Å². The van der Waals surface area contributed by atoms with Crippen molar-refractivity contribution in [2.75, 3.05) is 19.0 Å². The molecule has 174 valence electrons. The topological polar surface area (TPSA) is 69.6 Å². The Morgan fingerprint density at radius 1 is 1.00 bits per heavy atom. The largest absolute Gasteiger partial charge is 0.400 e. The van der Waals surface area contributed by atoms with Crippen molar-refractivity contribution >= 4 is 29.0 Å². The molecule has 3 heterocycles. The van der Waals surface area contributed by atoms with Crippen LogP contribution in [0.15, 0.2) is 78.9 Å². The Hall–Kier alpha value is -2.99. The van der Waals surface area contributed by atoms with E-state index in [1.165, 1.54) is 0 Å². The average Bonchev–Trinajstić information content (AvgIpc) is 3.54. The molecule has 5 nitrogen and oxygen atoms in total. The van der Waals surface area contributed by atoms with Crippen LogP contribution in [0.25, 0.3) is 0 Å². The number of nitrogens with one attached hydrogen (secondary N) is 1. The number of carbonyl (C=O) groups is 2. The number of ketones is 1. The predicted molar refractivity (Wildman–Crippen MR) is 133 cm³/mol. The van der Waals surface area contributed by atoms with Crippen LogP contribution in [0.4, 0.5) is 5.69 Å². The standard InChI is InChI=1S/C27H23ClN2O2.CH4O/c28-19-14-12-17(13-15-19)23-22-11-6-16-30(22)27(20-9-4-5-10-21(20)29-26(27)32)24(23)25(31)18-7-2-1-3-8-18;1-2/h1-5,7-10,12-15,22-24H,6,11,16H2,(H,29,32);2H,1H3/t22-,23-,24-,27+;/m1./s1. The van der Waals surface area contributed by atoms with E-state index in [0.717, 1.165) is 43.3 Å². The third kappa shape index (κ3) is 3.22. The van der Waals surface area contributed by atoms with Gasteiger partial charge in [0.15, 0.2) is 5.78 Å². The second kappa shape index (κ2) is 8.99. The number of halogens is 1. The van der Waals surface area contributed by atoms with Crippen LogP contribution in [0.1, 0.15) is 40.2 Å². The number of para-hydroxylation sites is 1. The zero-order chi connectivity index (χ0) is 23.9. The van der Waals surface area contributed by atoms with Crippen molar-refractivity contribution in [2.24, 2.45) is 5.92 Å². The lowest BCUT2D eigenvalue weighted by molar-refractivity contribution is -0.127. The van der Waals surface area contributed by atoms with E-state index in [9.17, 15) is 9.59 Å². The molecule has 3 aromatic rings. The van der Waals surface area contributed by atoms with Gasteiger partial charge in [0, 0.05) is 40.9 Å². The fourth-order valence-corrected chi connectivity index (χ4v) is 6.48. The Bertz CT molecular complexity index is 1210. The zero-order valence-corrected chi connectivity index (χ0v) is 19.7. The highest BCUT2D eigenvalue weighted by atomic mass is 35.5. The molecule has 0 saturated carbocycles. The van der Waals surface area contributed by atoms with Crippen LogP contribution in [0.2, 0.25) is 5.02 Å². The van der Waals surface area contributed by atoms with Crippen LogP contribution in [-0.2, 0) is 10.3 Å². The maximum Gasteiger partial charge on any atom is 0.250 e. The van der Waals surface area contributed by atoms with E-state index in [1.807, 2.05) is 78.9 Å². The molecule has 34 heavy (non-hydrogen) atoms. The average molecular weight is 475 g/mol. The van der Waals surface area contributed by atoms with Crippen molar-refractivity contribution in [2.45, 2.75) is 30.3 Å². The summed E-state index contributed by atoms with van der Waals surface area (Å²) in [6.45, 7) is 0.801. The number of hydrogen-bond donors (Lipinski definition) is 2. The van der Waals surface area contributed by atoms with Gasteiger partial charge in [-0.3, -0.25) is 14.5 Å². The molecule has 3 aromatic carbocycles. The van der Waals surface area contributed by atoms with Gasteiger partial charge >= 0.3 is 0 Å². The maximum atomic E-state index is 14.2. The van der Waals surface area contributed by atoms with Gasteiger partial charge in [-0.05, 0) is 43.1 Å². The minimum absolute atomic E-state index is 0.0202. The molecule has 2 saturated heterocycles. The van der Waals surface area contributed by atoms with Gasteiger partial charge in [0.05, 0.1) is 5.92 Å². The monoisotopic (exact) mass is 474 g/mol. The molecule has 2 N–H and O–H groups in total. The van der Waals surface area contributed by atoms with Gasteiger partial charge in [0.25, 0.3) is 0 Å². The van der Waals surface area contributed by atoms with E-state index in [1.54, 1.807) is 0 Å². The SMILES string of the molecule is CO.O=C(c1ccccc1)[C@H]1[C@H](c2ccc(Cl)cc2)[C@H]2CCCN2[C@]12C(=O)Nc1ccccc12. The smallest absolute Gasteiger partial charge is 0.250 e. The van der Waals surface area contributed by atoms with E-state index in [-0.39, 0.29) is 23.7 Å². The summed E-state index contributed by atoms with van der Waals surface area (Å²) in [5, 5.41) is 10.8. The first kappa shape index (κ1) is 22.8. The predicted octanol–water partition coefficient (Wildman–Crippen LogP) is 4.86. The minimum Gasteiger partial charge on any atom is -0.400 e. The molecule has 2 fully saturated rings. The zero-order valence-electron chi connectivity index (χ0n) is 18.9. The number of rotatable bonds is 3. The molecule has 4 atom stereocenters. The fraction of sp³-hybridized carbons (Fsp3) is 0.286. The first-order valence-corrected chi connectivity index (χ1v) is 12.0. The third-order valence-electron chi connectivity index (χ3n) is 7.50. The summed E-state index contributed by atoms with van der Waals surface area (Å²) in [6.07, 6.45) is 1.97. The van der Waals surface area contributed by atoms with E-state index >= 15 is 0 Å². The highest BCUT2D eigenvalue weighted by molar-refractivity contribution is 6.30. The third-order valence-corrected chi connectivity index (χ3v) is 7.76. The summed E-state index contributed by atoms with van der Waals surface area (Å²) in [5.74, 6) is -0.692. The van der Waals surface area contributed by atoms with Crippen LogP contribution in [-0.4, -0.2) is 41.4 Å². The lowest BCUT2D eigenvalue weighted by Crippen LogP contribution is -2.52. The lowest BCUT2D eigenvalue weighted by Gasteiger charge is -2.36. The molecule has 0 bridgehead atoms. The molecule has 1 spiro atoms. The molecule has 0 aromatic heterocycles. The molecule has 3 aliphatic heterocycles. The molecule has 6 heteroatoms. The number of fused-ring (bicyclic) bond motifs is 4. The fourth-order valence-electron chi connectivity index (χ4n) is 6.36. The Balaban J connectivity index is 0.00000117. The number of aliphatic hydroxyl groups is 1. The minimum atomic E-state index is -1.00. The van der Waals surface area contributed by atoms with Gasteiger partial charge in [-0.25, -0.2) is 0 Å². The molecule has 1 amide bonds. The van der Waals surface area contributed by atoms with Crippen LogP contribution in [0, 0.1) is 5.92 Å². The number of amides is 1.